The zero-order valence-electron chi connectivity index (χ0n) is 53.5. The van der Waals surface area contributed by atoms with E-state index in [0.29, 0.717) is 12.8 Å². The molecule has 1 aromatic carbocycles. The van der Waals surface area contributed by atoms with Gasteiger partial charge in [0.15, 0.2) is 37.0 Å². The summed E-state index contributed by atoms with van der Waals surface area (Å²) in [7, 11) is 0. The lowest BCUT2D eigenvalue weighted by atomic mass is 9.96. The number of unbranched alkanes of at least 4 members (excludes halogenated alkanes) is 7. The molecule has 2 saturated heterocycles. The van der Waals surface area contributed by atoms with E-state index in [1.807, 2.05) is 0 Å². The average Bonchev–Trinajstić information content (AvgIpc) is 0.813. The molecule has 518 valence electrons. The van der Waals surface area contributed by atoms with Crippen LogP contribution in [0.15, 0.2) is 18.2 Å². The smallest absolute Gasteiger partial charge is 0.303 e. The first-order valence-electron chi connectivity index (χ1n) is 30.4. The van der Waals surface area contributed by atoms with Crippen LogP contribution in [0.1, 0.15) is 140 Å². The minimum absolute atomic E-state index is 0.00573. The third-order valence-electron chi connectivity index (χ3n) is 13.3. The summed E-state index contributed by atoms with van der Waals surface area (Å²) >= 11 is 0. The van der Waals surface area contributed by atoms with Gasteiger partial charge < -0.3 is 98.0 Å². The normalized spacial score (nSPS) is 20.9. The number of benzene rings is 1. The Labute approximate surface area is 533 Å². The van der Waals surface area contributed by atoms with Gasteiger partial charge in [-0.25, -0.2) is 0 Å². The first-order valence-corrected chi connectivity index (χ1v) is 30.4. The van der Waals surface area contributed by atoms with Crippen LogP contribution in [0, 0.1) is 0 Å². The number of aliphatic carboxylic acids is 1. The van der Waals surface area contributed by atoms with E-state index in [9.17, 15) is 57.5 Å². The number of anilines is 1. The molecule has 1 aromatic rings. The summed E-state index contributed by atoms with van der Waals surface area (Å²) in [4.78, 5) is 147. The Kier molecular flexibility index (Phi) is 37.8. The van der Waals surface area contributed by atoms with Gasteiger partial charge in [-0.2, -0.15) is 0 Å². The molecule has 0 spiro atoms. The van der Waals surface area contributed by atoms with Crippen molar-refractivity contribution in [2.24, 2.45) is 0 Å². The Hall–Kier alpha value is -7.46. The van der Waals surface area contributed by atoms with Crippen molar-refractivity contribution in [2.45, 2.75) is 181 Å². The quantitative estimate of drug-likeness (QED) is 0.0306. The number of hydrogen-bond acceptors (Lipinski definition) is 26. The van der Waals surface area contributed by atoms with Crippen molar-refractivity contribution >= 4 is 77.0 Å². The van der Waals surface area contributed by atoms with E-state index >= 15 is 0 Å². The number of amides is 5. The lowest BCUT2D eigenvalue weighted by Crippen LogP contribution is -2.66. The molecule has 2 fully saturated rings. The second-order valence-electron chi connectivity index (χ2n) is 21.2. The van der Waals surface area contributed by atoms with Crippen LogP contribution in [0.3, 0.4) is 0 Å². The standard InChI is InChI=1S/C60H91N5O27/c1-36(66)63-51-55(89-42(7)72)53(87-40(5)70)47(34-85-38(3)68)91-59(51)83-29-27-81-25-23-79-21-19-61-57(77)44-31-45(33-46(32-44)65-49(74)17-15-13-11-9-10-12-14-16-18-50(75)76)58(78)62-20-22-80-24-26-82-28-30-84-60-52(64-37(2)67)56(90-43(8)73)54(88-41(6)71)48(92-60)35-86-39(4)69/h31-33,47-48,51-56,59-60H,9-30,34-35H2,1-8H3,(H,61,77)(H,62,78)(H,63,66)(H,64,67)(H,65,74)(H,75,76)/t47-,48+,51-,52+,53+,54-,55-,56+,59?,60?. The van der Waals surface area contributed by atoms with Crippen LogP contribution in [0.2, 0.25) is 0 Å². The first-order chi connectivity index (χ1) is 43.8. The Balaban J connectivity index is 1.53. The topological polar surface area (TPSA) is 414 Å². The first kappa shape index (κ1) is 78.8. The molecule has 2 heterocycles. The van der Waals surface area contributed by atoms with Gasteiger partial charge in [0, 0.05) is 98.1 Å². The molecule has 2 aliphatic heterocycles. The van der Waals surface area contributed by atoms with E-state index in [4.69, 9.17) is 71.4 Å². The predicted molar refractivity (Wildman–Crippen MR) is 317 cm³/mol. The number of carbonyl (C=O) groups excluding carboxylic acids is 11. The summed E-state index contributed by atoms with van der Waals surface area (Å²) in [5, 5.41) is 22.3. The van der Waals surface area contributed by atoms with Gasteiger partial charge in [-0.05, 0) is 31.0 Å². The lowest BCUT2D eigenvalue weighted by molar-refractivity contribution is -0.279. The van der Waals surface area contributed by atoms with Gasteiger partial charge in [0.2, 0.25) is 17.7 Å². The fraction of sp³-hybridized carbons (Fsp3) is 0.700. The molecule has 3 rings (SSSR count). The molecule has 10 atom stereocenters. The van der Waals surface area contributed by atoms with Crippen LogP contribution in [-0.4, -0.2) is 230 Å². The fourth-order valence-electron chi connectivity index (χ4n) is 9.44. The number of rotatable bonds is 44. The van der Waals surface area contributed by atoms with Crippen molar-refractivity contribution in [2.75, 3.05) is 97.7 Å². The highest BCUT2D eigenvalue weighted by atomic mass is 16.7. The van der Waals surface area contributed by atoms with Crippen LogP contribution >= 0.6 is 0 Å². The number of esters is 6. The van der Waals surface area contributed by atoms with Crippen LogP contribution in [0.25, 0.3) is 0 Å². The number of ether oxygens (including phenoxy) is 14. The highest BCUT2D eigenvalue weighted by molar-refractivity contribution is 6.02. The van der Waals surface area contributed by atoms with Gasteiger partial charge in [-0.3, -0.25) is 57.5 Å². The SMILES string of the molecule is CC(=O)N[C@@H]1C(OCCOCCOCCNC(=O)c2cc(NC(=O)CCCCCCCCCCC(=O)O)cc(C(=O)NCCOCCOCCOC3O[C@H](COC(C)=O)[C@H](OC(C)=O)[C@H](OC(C)=O)[C@H]3NC(C)=O)c2)O[C@@H](COC(C)=O)[C@@H](OC(C)=O)[C@H]1OC(C)=O. The zero-order chi connectivity index (χ0) is 68.0. The van der Waals surface area contributed by atoms with Crippen molar-refractivity contribution in [1.82, 2.24) is 21.3 Å². The van der Waals surface area contributed by atoms with Gasteiger partial charge >= 0.3 is 41.8 Å². The van der Waals surface area contributed by atoms with E-state index in [1.54, 1.807) is 0 Å². The van der Waals surface area contributed by atoms with Gasteiger partial charge in [0.1, 0.15) is 37.5 Å². The second kappa shape index (κ2) is 44.1. The molecular weight excluding hydrogens is 1220 g/mol. The summed E-state index contributed by atoms with van der Waals surface area (Å²) in [6, 6.07) is 1.94. The molecule has 2 unspecified atom stereocenters. The molecular formula is C60H91N5O27. The van der Waals surface area contributed by atoms with Crippen molar-refractivity contribution in [1.29, 1.82) is 0 Å². The van der Waals surface area contributed by atoms with Crippen molar-refractivity contribution < 1.29 is 129 Å². The van der Waals surface area contributed by atoms with Gasteiger partial charge in [0.25, 0.3) is 11.8 Å². The van der Waals surface area contributed by atoms with Crippen LogP contribution < -0.4 is 26.6 Å². The molecule has 32 heteroatoms. The maximum atomic E-state index is 13.5. The van der Waals surface area contributed by atoms with Gasteiger partial charge in [0.05, 0.1) is 66.1 Å². The van der Waals surface area contributed by atoms with Crippen LogP contribution in [0.4, 0.5) is 5.69 Å². The van der Waals surface area contributed by atoms with Crippen molar-refractivity contribution in [3.05, 3.63) is 29.3 Å². The highest BCUT2D eigenvalue weighted by Gasteiger charge is 2.53. The molecule has 0 aliphatic carbocycles. The highest BCUT2D eigenvalue weighted by Crippen LogP contribution is 2.30. The Morgan fingerprint density at radius 2 is 0.772 bits per heavy atom. The van der Waals surface area contributed by atoms with Crippen LogP contribution in [-0.2, 0) is 114 Å². The maximum Gasteiger partial charge on any atom is 0.303 e. The Morgan fingerprint density at radius 3 is 1.13 bits per heavy atom. The number of carboxylic acids is 1. The monoisotopic (exact) mass is 1310 g/mol. The maximum absolute atomic E-state index is 13.5. The van der Waals surface area contributed by atoms with E-state index in [0.717, 1.165) is 80.1 Å². The molecule has 5 amide bonds. The summed E-state index contributed by atoms with van der Waals surface area (Å²) < 4.78 is 78.2. The minimum Gasteiger partial charge on any atom is -0.481 e. The summed E-state index contributed by atoms with van der Waals surface area (Å²) in [6.45, 7) is 8.75. The molecule has 0 radical (unpaired) electrons. The summed E-state index contributed by atoms with van der Waals surface area (Å²) in [5.74, 6) is -7.68. The summed E-state index contributed by atoms with van der Waals surface area (Å²) in [5.41, 5.74) is 0.340. The summed E-state index contributed by atoms with van der Waals surface area (Å²) in [6.07, 6.45) is -3.02. The third-order valence-corrected chi connectivity index (χ3v) is 13.3. The van der Waals surface area contributed by atoms with E-state index < -0.39 is 140 Å². The second-order valence-corrected chi connectivity index (χ2v) is 21.2. The van der Waals surface area contributed by atoms with Crippen LogP contribution in [0.5, 0.6) is 0 Å². The molecule has 6 N–H and O–H groups in total. The predicted octanol–water partition coefficient (Wildman–Crippen LogP) is 1.48. The van der Waals surface area contributed by atoms with E-state index in [1.165, 1.54) is 32.0 Å². The minimum atomic E-state index is -1.29. The number of carbonyl (C=O) groups is 12. The lowest BCUT2D eigenvalue weighted by Gasteiger charge is -2.44. The van der Waals surface area contributed by atoms with E-state index in [2.05, 4.69) is 26.6 Å². The zero-order valence-corrected chi connectivity index (χ0v) is 53.5. The van der Waals surface area contributed by atoms with Gasteiger partial charge in [-0.1, -0.05) is 38.5 Å². The molecule has 32 nitrogen and oxygen atoms in total. The molecule has 0 aromatic heterocycles. The largest absolute Gasteiger partial charge is 0.481 e. The molecule has 92 heavy (non-hydrogen) atoms. The number of hydrogen-bond donors (Lipinski definition) is 6. The average molecular weight is 1310 g/mol. The molecule has 0 bridgehead atoms. The van der Waals surface area contributed by atoms with Crippen molar-refractivity contribution in [3.63, 3.8) is 0 Å². The number of nitrogens with one attached hydrogen (secondary N) is 5. The third kappa shape index (κ3) is 32.7. The molecule has 2 aliphatic rings. The van der Waals surface area contributed by atoms with E-state index in [-0.39, 0.29) is 115 Å². The fourth-order valence-corrected chi connectivity index (χ4v) is 9.44. The van der Waals surface area contributed by atoms with Gasteiger partial charge in [-0.15, -0.1) is 0 Å². The number of carboxylic acid groups (broad SMARTS) is 1. The Morgan fingerprint density at radius 1 is 0.424 bits per heavy atom. The Bertz CT molecular complexity index is 2410. The molecule has 0 saturated carbocycles. The van der Waals surface area contributed by atoms with Crippen molar-refractivity contribution in [3.8, 4) is 0 Å².